The van der Waals surface area contributed by atoms with Crippen molar-refractivity contribution in [2.45, 2.75) is 32.1 Å². The van der Waals surface area contributed by atoms with Gasteiger partial charge < -0.3 is 5.32 Å². The van der Waals surface area contributed by atoms with Gasteiger partial charge >= 0.3 is 0 Å². The zero-order chi connectivity index (χ0) is 14.0. The predicted octanol–water partition coefficient (Wildman–Crippen LogP) is 5.68. The van der Waals surface area contributed by atoms with E-state index in [2.05, 4.69) is 37.2 Å². The second kappa shape index (κ2) is 6.41. The Morgan fingerprint density at radius 2 is 1.80 bits per heavy atom. The first-order chi connectivity index (χ1) is 9.69. The Kier molecular flexibility index (Phi) is 4.78. The number of anilines is 1. The van der Waals surface area contributed by atoms with Crippen LogP contribution in [0.5, 0.6) is 0 Å². The molecule has 0 amide bonds. The molecule has 0 aromatic heterocycles. The topological polar surface area (TPSA) is 24.4 Å². The number of halogens is 2. The minimum Gasteiger partial charge on any atom is -0.333 e. The van der Waals surface area contributed by atoms with Gasteiger partial charge in [0.25, 0.3) is 0 Å². The van der Waals surface area contributed by atoms with Gasteiger partial charge in [0.15, 0.2) is 5.17 Å². The van der Waals surface area contributed by atoms with Gasteiger partial charge in [-0.25, -0.2) is 0 Å². The maximum Gasteiger partial charge on any atom is 0.161 e. The SMILES string of the molecule is Brc1cccc(Br)c1NC1=NCC2(CCCCC2)CS1. The largest absolute Gasteiger partial charge is 0.333 e. The van der Waals surface area contributed by atoms with Crippen molar-refractivity contribution in [1.29, 1.82) is 0 Å². The minimum atomic E-state index is 0.485. The second-order valence-corrected chi connectivity index (χ2v) is 8.37. The van der Waals surface area contributed by atoms with Crippen LogP contribution in [0.4, 0.5) is 5.69 Å². The fourth-order valence-corrected chi connectivity index (χ4v) is 5.31. The summed E-state index contributed by atoms with van der Waals surface area (Å²) in [5.74, 6) is 1.21. The number of hydrogen-bond acceptors (Lipinski definition) is 3. The summed E-state index contributed by atoms with van der Waals surface area (Å²) in [6.45, 7) is 0.990. The Morgan fingerprint density at radius 3 is 2.40 bits per heavy atom. The van der Waals surface area contributed by atoms with Crippen LogP contribution in [0, 0.1) is 5.41 Å². The summed E-state index contributed by atoms with van der Waals surface area (Å²) in [6.07, 6.45) is 6.89. The van der Waals surface area contributed by atoms with E-state index in [9.17, 15) is 0 Å². The first-order valence-corrected chi connectivity index (χ1v) is 9.64. The Bertz CT molecular complexity index is 504. The molecule has 3 rings (SSSR count). The van der Waals surface area contributed by atoms with Gasteiger partial charge in [0.2, 0.25) is 0 Å². The molecule has 20 heavy (non-hydrogen) atoms. The molecule has 1 N–H and O–H groups in total. The molecule has 1 heterocycles. The van der Waals surface area contributed by atoms with Crippen molar-refractivity contribution in [3.8, 4) is 0 Å². The molecule has 0 unspecified atom stereocenters. The lowest BCUT2D eigenvalue weighted by atomic mass is 9.75. The fourth-order valence-electron chi connectivity index (χ4n) is 2.96. The number of nitrogens with one attached hydrogen (secondary N) is 1. The summed E-state index contributed by atoms with van der Waals surface area (Å²) >= 11 is 9.05. The molecule has 0 atom stereocenters. The third kappa shape index (κ3) is 3.25. The lowest BCUT2D eigenvalue weighted by Crippen LogP contribution is -2.35. The van der Waals surface area contributed by atoms with E-state index in [-0.39, 0.29) is 0 Å². The van der Waals surface area contributed by atoms with Crippen LogP contribution in [-0.2, 0) is 0 Å². The van der Waals surface area contributed by atoms with E-state index >= 15 is 0 Å². The van der Waals surface area contributed by atoms with Crippen molar-refractivity contribution < 1.29 is 0 Å². The van der Waals surface area contributed by atoms with Crippen LogP contribution in [-0.4, -0.2) is 17.5 Å². The van der Waals surface area contributed by atoms with E-state index in [0.717, 1.165) is 26.3 Å². The lowest BCUT2D eigenvalue weighted by Gasteiger charge is -2.38. The molecule has 5 heteroatoms. The van der Waals surface area contributed by atoms with Crippen molar-refractivity contribution in [1.82, 2.24) is 0 Å². The van der Waals surface area contributed by atoms with Crippen molar-refractivity contribution in [3.05, 3.63) is 27.1 Å². The average Bonchev–Trinajstić information content (AvgIpc) is 2.46. The predicted molar refractivity (Wildman–Crippen MR) is 95.7 cm³/mol. The summed E-state index contributed by atoms with van der Waals surface area (Å²) < 4.78 is 2.13. The van der Waals surface area contributed by atoms with Crippen LogP contribution >= 0.6 is 43.6 Å². The molecule has 108 valence electrons. The number of rotatable bonds is 1. The van der Waals surface area contributed by atoms with Gasteiger partial charge in [0, 0.05) is 21.2 Å². The normalized spacial score (nSPS) is 21.6. The number of aliphatic imine (C=N–C) groups is 1. The van der Waals surface area contributed by atoms with Gasteiger partial charge in [0.1, 0.15) is 0 Å². The highest BCUT2D eigenvalue weighted by Gasteiger charge is 2.34. The van der Waals surface area contributed by atoms with Gasteiger partial charge in [-0.3, -0.25) is 4.99 Å². The minimum absolute atomic E-state index is 0.485. The van der Waals surface area contributed by atoms with Crippen molar-refractivity contribution in [2.75, 3.05) is 17.6 Å². The third-order valence-electron chi connectivity index (χ3n) is 4.18. The quantitative estimate of drug-likeness (QED) is 0.635. The molecule has 1 aliphatic heterocycles. The Balaban J connectivity index is 1.71. The summed E-state index contributed by atoms with van der Waals surface area (Å²) in [6, 6.07) is 6.11. The highest BCUT2D eigenvalue weighted by Crippen LogP contribution is 2.42. The van der Waals surface area contributed by atoms with Crippen LogP contribution in [0.1, 0.15) is 32.1 Å². The van der Waals surface area contributed by atoms with Gasteiger partial charge in [-0.05, 0) is 62.2 Å². The number of para-hydroxylation sites is 1. The van der Waals surface area contributed by atoms with E-state index < -0.39 is 0 Å². The molecule has 1 saturated carbocycles. The maximum atomic E-state index is 4.81. The lowest BCUT2D eigenvalue weighted by molar-refractivity contribution is 0.232. The summed E-state index contributed by atoms with van der Waals surface area (Å²) in [5, 5.41) is 4.51. The molecular weight excluding hydrogens is 400 g/mol. The van der Waals surface area contributed by atoms with Crippen LogP contribution < -0.4 is 5.32 Å². The summed E-state index contributed by atoms with van der Waals surface area (Å²) in [5.41, 5.74) is 1.55. The standard InChI is InChI=1S/C15H18Br2N2S/c16-11-5-4-6-12(17)13(11)19-14-18-9-15(10-20-14)7-2-1-3-8-15/h4-6H,1-3,7-10H2,(H,18,19). The van der Waals surface area contributed by atoms with E-state index in [0.29, 0.717) is 5.41 Å². The fraction of sp³-hybridized carbons (Fsp3) is 0.533. The van der Waals surface area contributed by atoms with E-state index in [4.69, 9.17) is 4.99 Å². The number of benzene rings is 1. The van der Waals surface area contributed by atoms with Gasteiger partial charge in [-0.15, -0.1) is 0 Å². The Labute approximate surface area is 141 Å². The molecule has 0 saturated heterocycles. The molecule has 1 aromatic carbocycles. The van der Waals surface area contributed by atoms with Crippen molar-refractivity contribution in [2.24, 2.45) is 10.4 Å². The highest BCUT2D eigenvalue weighted by atomic mass is 79.9. The number of hydrogen-bond donors (Lipinski definition) is 1. The van der Waals surface area contributed by atoms with E-state index in [1.54, 1.807) is 0 Å². The molecular formula is C15H18Br2N2S. The first-order valence-electron chi connectivity index (χ1n) is 7.07. The molecule has 0 bridgehead atoms. The Hall–Kier alpha value is -0.000000000000000111. The zero-order valence-corrected chi connectivity index (χ0v) is 15.3. The molecule has 1 aromatic rings. The number of nitrogens with zero attached hydrogens (tertiary/aromatic N) is 1. The average molecular weight is 418 g/mol. The number of thioether (sulfide) groups is 1. The van der Waals surface area contributed by atoms with E-state index in [1.807, 2.05) is 30.0 Å². The van der Waals surface area contributed by atoms with Crippen LogP contribution in [0.25, 0.3) is 0 Å². The number of amidine groups is 1. The molecule has 1 spiro atoms. The third-order valence-corrected chi connectivity index (χ3v) is 6.77. The molecule has 2 aliphatic rings. The van der Waals surface area contributed by atoms with Crippen LogP contribution in [0.15, 0.2) is 32.1 Å². The highest BCUT2D eigenvalue weighted by molar-refractivity contribution is 9.11. The van der Waals surface area contributed by atoms with Crippen molar-refractivity contribution in [3.63, 3.8) is 0 Å². The van der Waals surface area contributed by atoms with Crippen molar-refractivity contribution >= 4 is 54.5 Å². The zero-order valence-electron chi connectivity index (χ0n) is 11.3. The summed E-state index contributed by atoms with van der Waals surface area (Å²) in [7, 11) is 0. The van der Waals surface area contributed by atoms with Gasteiger partial charge in [-0.2, -0.15) is 0 Å². The van der Waals surface area contributed by atoms with Gasteiger partial charge in [0.05, 0.1) is 5.69 Å². The smallest absolute Gasteiger partial charge is 0.161 e. The Morgan fingerprint density at radius 1 is 1.10 bits per heavy atom. The van der Waals surface area contributed by atoms with E-state index in [1.165, 1.54) is 37.9 Å². The van der Waals surface area contributed by atoms with Gasteiger partial charge in [-0.1, -0.05) is 37.1 Å². The maximum absolute atomic E-state index is 4.81. The first kappa shape index (κ1) is 14.9. The molecule has 0 radical (unpaired) electrons. The molecule has 1 aliphatic carbocycles. The molecule has 1 fully saturated rings. The second-order valence-electron chi connectivity index (χ2n) is 5.69. The molecule has 2 nitrogen and oxygen atoms in total. The van der Waals surface area contributed by atoms with Crippen LogP contribution in [0.2, 0.25) is 0 Å². The van der Waals surface area contributed by atoms with Crippen LogP contribution in [0.3, 0.4) is 0 Å². The summed E-state index contributed by atoms with van der Waals surface area (Å²) in [4.78, 5) is 4.81. The monoisotopic (exact) mass is 416 g/mol.